The van der Waals surface area contributed by atoms with Gasteiger partial charge in [-0.2, -0.15) is 4.98 Å². The summed E-state index contributed by atoms with van der Waals surface area (Å²) in [6.45, 7) is 4.05. The number of nitrogens with zero attached hydrogens (tertiary/aromatic N) is 6. The van der Waals surface area contributed by atoms with Crippen molar-refractivity contribution >= 4 is 33.9 Å². The van der Waals surface area contributed by atoms with Crippen LogP contribution in [0.25, 0.3) is 22.3 Å². The second kappa shape index (κ2) is 9.46. The molecule has 0 aliphatic carbocycles. The standard InChI is InChI=1S/C10H9ClN4O2.C10H10N4O2/c1-3-4-5-15-6-7(12-9(15)11)14(2)10(17)13-8(6)16;1-3-4-5-14-6-11-8-7(14)9(15)12-10(16)13(8)2/h5H2,1-2H3,(H,13,16,17);6H,5H2,1-2H3,(H,12,15,16). The molecule has 0 atom stereocenters. The minimum atomic E-state index is -0.523. The van der Waals surface area contributed by atoms with Gasteiger partial charge in [-0.3, -0.25) is 33.3 Å². The summed E-state index contributed by atoms with van der Waals surface area (Å²) >= 11 is 5.92. The zero-order valence-corrected chi connectivity index (χ0v) is 18.9. The number of aromatic nitrogens is 8. The highest BCUT2D eigenvalue weighted by molar-refractivity contribution is 6.29. The number of aryl methyl sites for hydroxylation is 2. The van der Waals surface area contributed by atoms with Crippen LogP contribution in [0, 0.1) is 23.7 Å². The first-order valence-electron chi connectivity index (χ1n) is 9.49. The van der Waals surface area contributed by atoms with Gasteiger partial charge < -0.3 is 4.57 Å². The summed E-state index contributed by atoms with van der Waals surface area (Å²) in [6.07, 6.45) is 1.50. The van der Waals surface area contributed by atoms with E-state index in [0.717, 1.165) is 0 Å². The molecule has 4 aromatic rings. The highest BCUT2D eigenvalue weighted by Crippen LogP contribution is 2.14. The van der Waals surface area contributed by atoms with Crippen LogP contribution in [0.15, 0.2) is 25.5 Å². The predicted molar refractivity (Wildman–Crippen MR) is 123 cm³/mol. The third-order valence-electron chi connectivity index (χ3n) is 4.68. The summed E-state index contributed by atoms with van der Waals surface area (Å²) < 4.78 is 5.61. The normalized spacial score (nSPS) is 10.2. The van der Waals surface area contributed by atoms with Crippen molar-refractivity contribution in [2.75, 3.05) is 0 Å². The van der Waals surface area contributed by atoms with Gasteiger partial charge in [-0.15, -0.1) is 11.8 Å². The molecule has 0 fully saturated rings. The highest BCUT2D eigenvalue weighted by Gasteiger charge is 2.15. The molecule has 0 spiro atoms. The summed E-state index contributed by atoms with van der Waals surface area (Å²) in [6, 6.07) is 0. The Morgan fingerprint density at radius 1 is 0.879 bits per heavy atom. The topological polar surface area (TPSA) is 145 Å². The summed E-state index contributed by atoms with van der Waals surface area (Å²) in [5.74, 6) is 11.1. The van der Waals surface area contributed by atoms with Gasteiger partial charge in [-0.05, 0) is 25.4 Å². The van der Waals surface area contributed by atoms with Gasteiger partial charge in [0.25, 0.3) is 11.1 Å². The van der Waals surface area contributed by atoms with Crippen molar-refractivity contribution in [3.8, 4) is 23.7 Å². The molecule has 0 saturated carbocycles. The van der Waals surface area contributed by atoms with E-state index in [1.807, 2.05) is 0 Å². The average molecular weight is 471 g/mol. The molecule has 4 heterocycles. The zero-order valence-electron chi connectivity index (χ0n) is 18.2. The van der Waals surface area contributed by atoms with Crippen LogP contribution in [0.4, 0.5) is 0 Å². The SMILES string of the molecule is CC#CCn1c(Cl)nc2c1c(=O)[nH]c(=O)n2C.CC#CCn1cnc2c1c(=O)[nH]c(=O)n2C. The molecule has 0 amide bonds. The van der Waals surface area contributed by atoms with Gasteiger partial charge in [0.15, 0.2) is 22.3 Å². The maximum absolute atomic E-state index is 11.7. The van der Waals surface area contributed by atoms with E-state index in [9.17, 15) is 19.2 Å². The highest BCUT2D eigenvalue weighted by atomic mass is 35.5. The summed E-state index contributed by atoms with van der Waals surface area (Å²) in [7, 11) is 3.07. The lowest BCUT2D eigenvalue weighted by atomic mass is 10.5. The molecule has 4 rings (SSSR count). The van der Waals surface area contributed by atoms with Gasteiger partial charge in [0.2, 0.25) is 5.28 Å². The maximum atomic E-state index is 11.7. The van der Waals surface area contributed by atoms with E-state index in [-0.39, 0.29) is 23.0 Å². The van der Waals surface area contributed by atoms with Gasteiger partial charge in [0.05, 0.1) is 19.4 Å². The average Bonchev–Trinajstić information content (AvgIpc) is 3.35. The van der Waals surface area contributed by atoms with Crippen LogP contribution in [0.3, 0.4) is 0 Å². The van der Waals surface area contributed by atoms with Crippen LogP contribution < -0.4 is 22.5 Å². The Labute approximate surface area is 190 Å². The second-order valence-corrected chi connectivity index (χ2v) is 7.01. The first-order chi connectivity index (χ1) is 15.7. The number of halogens is 1. The van der Waals surface area contributed by atoms with Crippen molar-refractivity contribution in [1.82, 2.24) is 38.2 Å². The first-order valence-corrected chi connectivity index (χ1v) is 9.87. The first kappa shape index (κ1) is 23.4. The largest absolute Gasteiger partial charge is 0.329 e. The zero-order chi connectivity index (χ0) is 24.3. The Hall–Kier alpha value is -4.29. The van der Waals surface area contributed by atoms with Crippen LogP contribution >= 0.6 is 11.6 Å². The van der Waals surface area contributed by atoms with Crippen molar-refractivity contribution in [3.05, 3.63) is 53.3 Å². The quantitative estimate of drug-likeness (QED) is 0.299. The summed E-state index contributed by atoms with van der Waals surface area (Å²) in [4.78, 5) is 58.5. The molecular weight excluding hydrogens is 452 g/mol. The molecular formula is C20H19ClN8O4. The number of fused-ring (bicyclic) bond motifs is 2. The lowest BCUT2D eigenvalue weighted by molar-refractivity contribution is 0.823. The summed E-state index contributed by atoms with van der Waals surface area (Å²) in [5, 5.41) is 0.134. The van der Waals surface area contributed by atoms with Crippen LogP contribution in [0.5, 0.6) is 0 Å². The second-order valence-electron chi connectivity index (χ2n) is 6.67. The molecule has 12 nitrogen and oxygen atoms in total. The van der Waals surface area contributed by atoms with E-state index in [2.05, 4.69) is 43.6 Å². The predicted octanol–water partition coefficient (Wildman–Crippen LogP) is -0.453. The Balaban J connectivity index is 0.000000186. The molecule has 33 heavy (non-hydrogen) atoms. The van der Waals surface area contributed by atoms with Gasteiger partial charge in [0.1, 0.15) is 0 Å². The number of nitrogens with one attached hydrogen (secondary N) is 2. The van der Waals surface area contributed by atoms with Crippen molar-refractivity contribution in [1.29, 1.82) is 0 Å². The smallest absolute Gasteiger partial charge is 0.313 e. The van der Waals surface area contributed by atoms with E-state index < -0.39 is 22.5 Å². The van der Waals surface area contributed by atoms with Crippen molar-refractivity contribution < 1.29 is 0 Å². The number of hydrogen-bond donors (Lipinski definition) is 2. The van der Waals surface area contributed by atoms with E-state index in [1.165, 1.54) is 27.1 Å². The number of aromatic amines is 2. The molecule has 0 radical (unpaired) electrons. The molecule has 2 N–H and O–H groups in total. The van der Waals surface area contributed by atoms with Crippen LogP contribution in [-0.2, 0) is 27.2 Å². The third-order valence-corrected chi connectivity index (χ3v) is 4.97. The van der Waals surface area contributed by atoms with Gasteiger partial charge in [-0.25, -0.2) is 14.6 Å². The molecule has 13 heteroatoms. The van der Waals surface area contributed by atoms with Crippen LogP contribution in [0.1, 0.15) is 13.8 Å². The van der Waals surface area contributed by atoms with Crippen molar-refractivity contribution in [2.45, 2.75) is 26.9 Å². The summed E-state index contributed by atoms with van der Waals surface area (Å²) in [5.41, 5.74) is -0.707. The minimum absolute atomic E-state index is 0.134. The molecule has 4 aromatic heterocycles. The fourth-order valence-corrected chi connectivity index (χ4v) is 3.20. The molecule has 0 aliphatic rings. The van der Waals surface area contributed by atoms with E-state index in [4.69, 9.17) is 11.6 Å². The third kappa shape index (κ3) is 4.37. The molecule has 0 unspecified atom stereocenters. The van der Waals surface area contributed by atoms with Crippen LogP contribution in [-0.4, -0.2) is 38.2 Å². The van der Waals surface area contributed by atoms with Crippen molar-refractivity contribution in [3.63, 3.8) is 0 Å². The van der Waals surface area contributed by atoms with Gasteiger partial charge in [0, 0.05) is 14.1 Å². The molecule has 0 aromatic carbocycles. The Kier molecular flexibility index (Phi) is 6.70. The number of rotatable bonds is 2. The Morgan fingerprint density at radius 2 is 1.42 bits per heavy atom. The maximum Gasteiger partial charge on any atom is 0.329 e. The number of H-pyrrole nitrogens is 2. The van der Waals surface area contributed by atoms with Crippen molar-refractivity contribution in [2.24, 2.45) is 14.1 Å². The fraction of sp³-hybridized carbons (Fsp3) is 0.300. The van der Waals surface area contributed by atoms with Gasteiger partial charge in [-0.1, -0.05) is 11.8 Å². The van der Waals surface area contributed by atoms with Crippen LogP contribution in [0.2, 0.25) is 5.28 Å². The Morgan fingerprint density at radius 3 is 2.03 bits per heavy atom. The molecule has 170 valence electrons. The number of imidazole rings is 2. The van der Waals surface area contributed by atoms with Gasteiger partial charge >= 0.3 is 11.4 Å². The lowest BCUT2D eigenvalue weighted by Crippen LogP contribution is -2.29. The molecule has 0 aliphatic heterocycles. The van der Waals surface area contributed by atoms with E-state index in [1.54, 1.807) is 25.5 Å². The monoisotopic (exact) mass is 470 g/mol. The minimum Gasteiger partial charge on any atom is -0.313 e. The molecule has 0 bridgehead atoms. The molecule has 0 saturated heterocycles. The van der Waals surface area contributed by atoms with E-state index >= 15 is 0 Å². The number of hydrogen-bond acceptors (Lipinski definition) is 6. The van der Waals surface area contributed by atoms with E-state index in [0.29, 0.717) is 17.7 Å². The Bertz CT molecular complexity index is 1720. The lowest BCUT2D eigenvalue weighted by Gasteiger charge is -2.00. The fourth-order valence-electron chi connectivity index (χ4n) is 2.98.